The van der Waals surface area contributed by atoms with Crippen LogP contribution in [-0.2, 0) is 10.0 Å². The molecular weight excluding hydrogens is 314 g/mol. The van der Waals surface area contributed by atoms with Crippen molar-refractivity contribution >= 4 is 15.7 Å². The summed E-state index contributed by atoms with van der Waals surface area (Å²) in [5, 5.41) is 0. The smallest absolute Gasteiger partial charge is 0.262 e. The minimum absolute atomic E-state index is 0.0304. The molecule has 0 unspecified atom stereocenters. The van der Waals surface area contributed by atoms with Gasteiger partial charge in [0.25, 0.3) is 10.0 Å². The van der Waals surface area contributed by atoms with Gasteiger partial charge in [0.1, 0.15) is 11.5 Å². The number of ether oxygens (including phenoxy) is 2. The van der Waals surface area contributed by atoms with Crippen LogP contribution >= 0.6 is 0 Å². The maximum atomic E-state index is 12.5. The van der Waals surface area contributed by atoms with E-state index in [2.05, 4.69) is 4.72 Å². The van der Waals surface area contributed by atoms with Crippen molar-refractivity contribution in [2.45, 2.75) is 31.8 Å². The zero-order chi connectivity index (χ0) is 17.0. The van der Waals surface area contributed by atoms with E-state index in [1.54, 1.807) is 36.4 Å². The first-order chi connectivity index (χ1) is 10.8. The molecule has 2 rings (SSSR count). The predicted molar refractivity (Wildman–Crippen MR) is 90.7 cm³/mol. The molecule has 23 heavy (non-hydrogen) atoms. The highest BCUT2D eigenvalue weighted by molar-refractivity contribution is 7.92. The number of rotatable bonds is 6. The van der Waals surface area contributed by atoms with E-state index in [0.29, 0.717) is 17.2 Å². The maximum Gasteiger partial charge on any atom is 0.262 e. The fourth-order valence-corrected chi connectivity index (χ4v) is 3.26. The first-order valence-corrected chi connectivity index (χ1v) is 8.75. The lowest BCUT2D eigenvalue weighted by molar-refractivity contribution is 0.240. The maximum absolute atomic E-state index is 12.5. The highest BCUT2D eigenvalue weighted by Gasteiger charge is 2.17. The number of benzene rings is 2. The molecule has 0 aliphatic carbocycles. The van der Waals surface area contributed by atoms with Gasteiger partial charge in [-0.1, -0.05) is 12.1 Å². The Kier molecular flexibility index (Phi) is 5.15. The monoisotopic (exact) mass is 335 g/mol. The largest absolute Gasteiger partial charge is 0.495 e. The Bertz CT molecular complexity index is 785. The van der Waals surface area contributed by atoms with Gasteiger partial charge in [0.2, 0.25) is 0 Å². The van der Waals surface area contributed by atoms with E-state index >= 15 is 0 Å². The molecule has 0 aliphatic rings. The molecule has 0 heterocycles. The number of sulfonamides is 1. The summed E-state index contributed by atoms with van der Waals surface area (Å²) in [5.74, 6) is 1.14. The topological polar surface area (TPSA) is 64.6 Å². The van der Waals surface area contributed by atoms with E-state index in [1.807, 2.05) is 20.8 Å². The predicted octanol–water partition coefficient (Wildman–Crippen LogP) is 3.59. The van der Waals surface area contributed by atoms with Gasteiger partial charge in [0.15, 0.2) is 0 Å². The lowest BCUT2D eigenvalue weighted by Crippen LogP contribution is -2.14. The summed E-state index contributed by atoms with van der Waals surface area (Å²) in [6.45, 7) is 5.67. The van der Waals surface area contributed by atoms with Gasteiger partial charge in [0.05, 0.1) is 23.8 Å². The molecule has 0 saturated carbocycles. The van der Waals surface area contributed by atoms with E-state index in [-0.39, 0.29) is 11.0 Å². The third kappa shape index (κ3) is 4.16. The average Bonchev–Trinajstić information content (AvgIpc) is 2.49. The second-order valence-corrected chi connectivity index (χ2v) is 7.08. The molecule has 0 spiro atoms. The molecule has 0 amide bonds. The number of hydrogen-bond acceptors (Lipinski definition) is 4. The number of para-hydroxylation sites is 2. The standard InChI is InChI=1S/C17H21NO4S/c1-12(2)22-16-10-9-14(11-13(16)3)23(19,20)18-15-7-5-6-8-17(15)21-4/h5-12,18H,1-4H3. The fourth-order valence-electron chi connectivity index (χ4n) is 2.11. The van der Waals surface area contributed by atoms with Crippen LogP contribution in [0.5, 0.6) is 11.5 Å². The highest BCUT2D eigenvalue weighted by atomic mass is 32.2. The normalized spacial score (nSPS) is 11.3. The van der Waals surface area contributed by atoms with Crippen LogP contribution in [0.25, 0.3) is 0 Å². The van der Waals surface area contributed by atoms with Gasteiger partial charge in [-0.25, -0.2) is 8.42 Å². The molecule has 2 aromatic rings. The van der Waals surface area contributed by atoms with E-state index in [1.165, 1.54) is 13.2 Å². The molecule has 0 saturated heterocycles. The van der Waals surface area contributed by atoms with Crippen molar-refractivity contribution < 1.29 is 17.9 Å². The first-order valence-electron chi connectivity index (χ1n) is 7.26. The molecule has 2 aromatic carbocycles. The zero-order valence-corrected chi connectivity index (χ0v) is 14.5. The van der Waals surface area contributed by atoms with Crippen LogP contribution in [0.4, 0.5) is 5.69 Å². The molecule has 0 bridgehead atoms. The fraction of sp³-hybridized carbons (Fsp3) is 0.294. The van der Waals surface area contributed by atoms with E-state index in [4.69, 9.17) is 9.47 Å². The van der Waals surface area contributed by atoms with E-state index in [0.717, 1.165) is 5.56 Å². The lowest BCUT2D eigenvalue weighted by atomic mass is 10.2. The van der Waals surface area contributed by atoms with Crippen molar-refractivity contribution in [3.63, 3.8) is 0 Å². The quantitative estimate of drug-likeness (QED) is 0.876. The summed E-state index contributed by atoms with van der Waals surface area (Å²) in [4.78, 5) is 0.178. The van der Waals surface area contributed by atoms with Gasteiger partial charge in [-0.15, -0.1) is 0 Å². The van der Waals surface area contributed by atoms with Crippen LogP contribution in [0, 0.1) is 6.92 Å². The molecule has 6 heteroatoms. The number of methoxy groups -OCH3 is 1. The van der Waals surface area contributed by atoms with Crippen LogP contribution in [0.3, 0.4) is 0 Å². The molecule has 0 aromatic heterocycles. The van der Waals surface area contributed by atoms with Gasteiger partial charge in [-0.3, -0.25) is 4.72 Å². The van der Waals surface area contributed by atoms with Gasteiger partial charge >= 0.3 is 0 Å². The molecular formula is C17H21NO4S. The van der Waals surface area contributed by atoms with E-state index in [9.17, 15) is 8.42 Å². The Balaban J connectivity index is 2.31. The van der Waals surface area contributed by atoms with Crippen LogP contribution in [-0.4, -0.2) is 21.6 Å². The summed E-state index contributed by atoms with van der Waals surface area (Å²) in [5.41, 5.74) is 1.16. The Morgan fingerprint density at radius 1 is 1.04 bits per heavy atom. The van der Waals surface area contributed by atoms with Crippen molar-refractivity contribution in [3.05, 3.63) is 48.0 Å². The van der Waals surface area contributed by atoms with Crippen molar-refractivity contribution in [1.82, 2.24) is 0 Å². The van der Waals surface area contributed by atoms with Gasteiger partial charge in [-0.2, -0.15) is 0 Å². The summed E-state index contributed by atoms with van der Waals surface area (Å²) in [6.07, 6.45) is 0.0304. The summed E-state index contributed by atoms with van der Waals surface area (Å²) < 4.78 is 38.4. The van der Waals surface area contributed by atoms with Crippen LogP contribution < -0.4 is 14.2 Å². The summed E-state index contributed by atoms with van der Waals surface area (Å²) in [6, 6.07) is 11.7. The third-order valence-corrected chi connectivity index (χ3v) is 4.53. The molecule has 0 radical (unpaired) electrons. The molecule has 0 atom stereocenters. The third-order valence-electron chi connectivity index (χ3n) is 3.17. The Labute approximate surface area is 137 Å². The average molecular weight is 335 g/mol. The summed E-state index contributed by atoms with van der Waals surface area (Å²) >= 11 is 0. The molecule has 1 N–H and O–H groups in total. The molecule has 0 aliphatic heterocycles. The van der Waals surface area contributed by atoms with Crippen molar-refractivity contribution in [2.75, 3.05) is 11.8 Å². The Morgan fingerprint density at radius 3 is 2.35 bits per heavy atom. The highest BCUT2D eigenvalue weighted by Crippen LogP contribution is 2.28. The van der Waals surface area contributed by atoms with Gasteiger partial charge in [-0.05, 0) is 56.7 Å². The van der Waals surface area contributed by atoms with Crippen LogP contribution in [0.1, 0.15) is 19.4 Å². The zero-order valence-electron chi connectivity index (χ0n) is 13.7. The van der Waals surface area contributed by atoms with E-state index < -0.39 is 10.0 Å². The molecule has 0 fully saturated rings. The van der Waals surface area contributed by atoms with Gasteiger partial charge < -0.3 is 9.47 Å². The van der Waals surface area contributed by atoms with Crippen LogP contribution in [0.15, 0.2) is 47.4 Å². The number of aryl methyl sites for hydroxylation is 1. The number of hydrogen-bond donors (Lipinski definition) is 1. The SMILES string of the molecule is COc1ccccc1NS(=O)(=O)c1ccc(OC(C)C)c(C)c1. The Morgan fingerprint density at radius 2 is 1.74 bits per heavy atom. The van der Waals surface area contributed by atoms with Crippen molar-refractivity contribution in [2.24, 2.45) is 0 Å². The Hall–Kier alpha value is -2.21. The molecule has 5 nitrogen and oxygen atoms in total. The molecule has 124 valence electrons. The van der Waals surface area contributed by atoms with Crippen molar-refractivity contribution in [1.29, 1.82) is 0 Å². The summed E-state index contributed by atoms with van der Waals surface area (Å²) in [7, 11) is -2.20. The number of nitrogens with one attached hydrogen (secondary N) is 1. The second kappa shape index (κ2) is 6.91. The van der Waals surface area contributed by atoms with Crippen molar-refractivity contribution in [3.8, 4) is 11.5 Å². The second-order valence-electron chi connectivity index (χ2n) is 5.40. The van der Waals surface area contributed by atoms with Gasteiger partial charge in [0, 0.05) is 0 Å². The minimum Gasteiger partial charge on any atom is -0.495 e. The minimum atomic E-state index is -3.70. The lowest BCUT2D eigenvalue weighted by Gasteiger charge is -2.15. The first kappa shape index (κ1) is 17.1. The number of anilines is 1. The van der Waals surface area contributed by atoms with Crippen LogP contribution in [0.2, 0.25) is 0 Å².